The number of piperazine rings is 1. The van der Waals surface area contributed by atoms with Gasteiger partial charge in [-0.2, -0.15) is 0 Å². The number of carbonyl (C=O) groups is 2. The van der Waals surface area contributed by atoms with Crippen LogP contribution >= 0.6 is 11.8 Å². The normalized spacial score (nSPS) is 22.3. The third-order valence-electron chi connectivity index (χ3n) is 4.42. The van der Waals surface area contributed by atoms with Gasteiger partial charge in [-0.05, 0) is 25.0 Å². The van der Waals surface area contributed by atoms with E-state index in [1.165, 1.54) is 0 Å². The summed E-state index contributed by atoms with van der Waals surface area (Å²) in [7, 11) is 0. The van der Waals surface area contributed by atoms with Gasteiger partial charge in [-0.15, -0.1) is 11.8 Å². The number of amides is 2. The van der Waals surface area contributed by atoms with Crippen molar-refractivity contribution >= 4 is 23.6 Å². The standard InChI is InChI=1S/C17H23N3O2S/c21-16-11-18-8-10-20(16)14-5-4-9-19(12-14)17(22)13-23-15-6-2-1-3-7-15/h1-3,6-7,14,18H,4-5,8-13H2. The molecule has 2 heterocycles. The van der Waals surface area contributed by atoms with Crippen LogP contribution in [-0.2, 0) is 9.59 Å². The summed E-state index contributed by atoms with van der Waals surface area (Å²) in [5.41, 5.74) is 0. The van der Waals surface area contributed by atoms with Crippen LogP contribution in [-0.4, -0.2) is 66.1 Å². The molecule has 0 bridgehead atoms. The first-order valence-corrected chi connectivity index (χ1v) is 9.18. The van der Waals surface area contributed by atoms with E-state index in [-0.39, 0.29) is 17.9 Å². The van der Waals surface area contributed by atoms with E-state index >= 15 is 0 Å². The van der Waals surface area contributed by atoms with Crippen LogP contribution < -0.4 is 5.32 Å². The first kappa shape index (κ1) is 16.3. The molecule has 1 N–H and O–H groups in total. The molecule has 2 aliphatic rings. The van der Waals surface area contributed by atoms with Gasteiger partial charge >= 0.3 is 0 Å². The molecule has 0 aromatic heterocycles. The summed E-state index contributed by atoms with van der Waals surface area (Å²) in [4.78, 5) is 29.5. The van der Waals surface area contributed by atoms with Gasteiger partial charge in [0.2, 0.25) is 11.8 Å². The molecule has 0 aliphatic carbocycles. The van der Waals surface area contributed by atoms with E-state index < -0.39 is 0 Å². The van der Waals surface area contributed by atoms with E-state index in [4.69, 9.17) is 0 Å². The van der Waals surface area contributed by atoms with Gasteiger partial charge in [0.25, 0.3) is 0 Å². The summed E-state index contributed by atoms with van der Waals surface area (Å²) in [5.74, 6) is 0.798. The molecule has 124 valence electrons. The van der Waals surface area contributed by atoms with E-state index in [9.17, 15) is 9.59 Å². The molecule has 23 heavy (non-hydrogen) atoms. The maximum atomic E-state index is 12.5. The van der Waals surface area contributed by atoms with E-state index in [0.717, 1.165) is 37.4 Å². The molecule has 5 nitrogen and oxygen atoms in total. The predicted octanol–water partition coefficient (Wildman–Crippen LogP) is 1.20. The Morgan fingerprint density at radius 3 is 2.87 bits per heavy atom. The number of piperidine rings is 1. The summed E-state index contributed by atoms with van der Waals surface area (Å²) < 4.78 is 0. The van der Waals surface area contributed by atoms with Crippen LogP contribution in [0, 0.1) is 0 Å². The molecule has 1 atom stereocenters. The molecule has 1 aromatic carbocycles. The van der Waals surface area contributed by atoms with Crippen molar-refractivity contribution < 1.29 is 9.59 Å². The number of benzene rings is 1. The molecule has 2 amide bonds. The fraction of sp³-hybridized carbons (Fsp3) is 0.529. The van der Waals surface area contributed by atoms with E-state index in [1.807, 2.05) is 40.1 Å². The summed E-state index contributed by atoms with van der Waals surface area (Å²) in [6.45, 7) is 3.52. The SMILES string of the molecule is O=C(CSc1ccccc1)N1CCCC(N2CCNCC2=O)C1. The number of carbonyl (C=O) groups excluding carboxylic acids is 2. The Morgan fingerprint density at radius 2 is 2.09 bits per heavy atom. The van der Waals surface area contributed by atoms with Crippen molar-refractivity contribution in [2.75, 3.05) is 38.5 Å². The topological polar surface area (TPSA) is 52.7 Å². The smallest absolute Gasteiger partial charge is 0.236 e. The minimum absolute atomic E-state index is 0.161. The highest BCUT2D eigenvalue weighted by atomic mass is 32.2. The number of rotatable bonds is 4. The zero-order chi connectivity index (χ0) is 16.1. The summed E-state index contributed by atoms with van der Waals surface area (Å²) in [6, 6.07) is 10.2. The van der Waals surface area contributed by atoms with Crippen molar-refractivity contribution in [3.63, 3.8) is 0 Å². The maximum absolute atomic E-state index is 12.5. The van der Waals surface area contributed by atoms with Crippen molar-refractivity contribution in [2.24, 2.45) is 0 Å². The third-order valence-corrected chi connectivity index (χ3v) is 5.42. The highest BCUT2D eigenvalue weighted by Crippen LogP contribution is 2.21. The van der Waals surface area contributed by atoms with Gasteiger partial charge in [0.05, 0.1) is 12.3 Å². The lowest BCUT2D eigenvalue weighted by Gasteiger charge is -2.41. The second-order valence-corrected chi connectivity index (χ2v) is 7.05. The van der Waals surface area contributed by atoms with Crippen LogP contribution in [0.25, 0.3) is 0 Å². The summed E-state index contributed by atoms with van der Waals surface area (Å²) in [5, 5.41) is 3.10. The van der Waals surface area contributed by atoms with Crippen LogP contribution in [0.2, 0.25) is 0 Å². The third kappa shape index (κ3) is 4.26. The van der Waals surface area contributed by atoms with Crippen LogP contribution in [0.1, 0.15) is 12.8 Å². The van der Waals surface area contributed by atoms with Crippen molar-refractivity contribution in [1.29, 1.82) is 0 Å². The van der Waals surface area contributed by atoms with Gasteiger partial charge in [-0.1, -0.05) is 18.2 Å². The molecule has 1 unspecified atom stereocenters. The van der Waals surface area contributed by atoms with Gasteiger partial charge < -0.3 is 15.1 Å². The average molecular weight is 333 g/mol. The van der Waals surface area contributed by atoms with Crippen molar-refractivity contribution in [3.8, 4) is 0 Å². The fourth-order valence-corrected chi connectivity index (χ4v) is 4.02. The van der Waals surface area contributed by atoms with Crippen LogP contribution in [0.15, 0.2) is 35.2 Å². The van der Waals surface area contributed by atoms with E-state index in [1.54, 1.807) is 11.8 Å². The number of nitrogens with one attached hydrogen (secondary N) is 1. The largest absolute Gasteiger partial charge is 0.340 e. The molecular formula is C17H23N3O2S. The highest BCUT2D eigenvalue weighted by Gasteiger charge is 2.31. The van der Waals surface area contributed by atoms with Gasteiger partial charge in [-0.25, -0.2) is 0 Å². The molecule has 3 rings (SSSR count). The zero-order valence-electron chi connectivity index (χ0n) is 13.2. The Bertz CT molecular complexity index is 552. The minimum atomic E-state index is 0.161. The lowest BCUT2D eigenvalue weighted by molar-refractivity contribution is -0.139. The van der Waals surface area contributed by atoms with Gasteiger partial charge in [0.1, 0.15) is 0 Å². The van der Waals surface area contributed by atoms with Crippen molar-refractivity contribution in [1.82, 2.24) is 15.1 Å². The molecule has 0 radical (unpaired) electrons. The Morgan fingerprint density at radius 1 is 1.26 bits per heavy atom. The van der Waals surface area contributed by atoms with Crippen LogP contribution in [0.3, 0.4) is 0 Å². The Labute approximate surface area is 141 Å². The van der Waals surface area contributed by atoms with Gasteiger partial charge in [-0.3, -0.25) is 9.59 Å². The quantitative estimate of drug-likeness (QED) is 0.842. The zero-order valence-corrected chi connectivity index (χ0v) is 14.1. The summed E-state index contributed by atoms with van der Waals surface area (Å²) in [6.07, 6.45) is 1.98. The fourth-order valence-electron chi connectivity index (χ4n) is 3.20. The molecule has 2 saturated heterocycles. The van der Waals surface area contributed by atoms with Crippen molar-refractivity contribution in [3.05, 3.63) is 30.3 Å². The molecule has 2 aliphatic heterocycles. The highest BCUT2D eigenvalue weighted by molar-refractivity contribution is 8.00. The number of nitrogens with zero attached hydrogens (tertiary/aromatic N) is 2. The Kier molecular flexibility index (Phi) is 5.56. The number of hydrogen-bond acceptors (Lipinski definition) is 4. The number of likely N-dealkylation sites (tertiary alicyclic amines) is 1. The van der Waals surface area contributed by atoms with Gasteiger partial charge in [0.15, 0.2) is 0 Å². The molecule has 6 heteroatoms. The van der Waals surface area contributed by atoms with Gasteiger partial charge in [0, 0.05) is 37.1 Å². The van der Waals surface area contributed by atoms with E-state index in [2.05, 4.69) is 5.32 Å². The Hall–Kier alpha value is -1.53. The predicted molar refractivity (Wildman–Crippen MR) is 91.4 cm³/mol. The lowest BCUT2D eigenvalue weighted by atomic mass is 10.0. The first-order chi connectivity index (χ1) is 11.2. The number of thioether (sulfide) groups is 1. The molecular weight excluding hydrogens is 310 g/mol. The monoisotopic (exact) mass is 333 g/mol. The van der Waals surface area contributed by atoms with E-state index in [0.29, 0.717) is 18.8 Å². The average Bonchev–Trinajstić information content (AvgIpc) is 2.61. The molecule has 0 saturated carbocycles. The first-order valence-electron chi connectivity index (χ1n) is 8.20. The number of hydrogen-bond donors (Lipinski definition) is 1. The minimum Gasteiger partial charge on any atom is -0.340 e. The second-order valence-electron chi connectivity index (χ2n) is 6.00. The lowest BCUT2D eigenvalue weighted by Crippen LogP contribution is -2.57. The molecule has 1 aromatic rings. The molecule has 0 spiro atoms. The second kappa shape index (κ2) is 7.84. The summed E-state index contributed by atoms with van der Waals surface area (Å²) >= 11 is 1.58. The van der Waals surface area contributed by atoms with Crippen LogP contribution in [0.5, 0.6) is 0 Å². The van der Waals surface area contributed by atoms with Crippen molar-refractivity contribution in [2.45, 2.75) is 23.8 Å². The Balaban J connectivity index is 1.53. The van der Waals surface area contributed by atoms with Crippen LogP contribution in [0.4, 0.5) is 0 Å². The molecule has 2 fully saturated rings. The maximum Gasteiger partial charge on any atom is 0.236 e.